The molecule has 0 radical (unpaired) electrons. The highest BCUT2D eigenvalue weighted by Crippen LogP contribution is 2.70. The number of fused-ring (bicyclic) bond motifs is 4. The first-order chi connectivity index (χ1) is 11.5. The zero-order valence-electron chi connectivity index (χ0n) is 14.9. The third kappa shape index (κ3) is 2.98. The number of ketones is 1. The Labute approximate surface area is 150 Å². The molecular formula is C18H27BF4OS. The average molecular weight is 378 g/mol. The number of hydrogen-bond acceptors (Lipinski definition) is 1. The summed E-state index contributed by atoms with van der Waals surface area (Å²) in [4.78, 5) is 13.0. The molecular weight excluding hydrogens is 351 g/mol. The van der Waals surface area contributed by atoms with Crippen LogP contribution in [0.15, 0.2) is 12.7 Å². The molecule has 25 heavy (non-hydrogen) atoms. The Morgan fingerprint density at radius 3 is 2.36 bits per heavy atom. The molecule has 1 aliphatic heterocycles. The quantitative estimate of drug-likeness (QED) is 0.291. The fraction of sp³-hybridized carbons (Fsp3) is 0.833. The highest BCUT2D eigenvalue weighted by molar-refractivity contribution is 7.98. The fourth-order valence-corrected chi connectivity index (χ4v) is 10.3. The van der Waals surface area contributed by atoms with E-state index in [9.17, 15) is 22.1 Å². The maximum atomic E-state index is 13.0. The minimum atomic E-state index is -6.00. The molecule has 7 heteroatoms. The number of Topliss-reactive ketones (excluding diaryl/α,β-unsaturated/α-hetero) is 1. The van der Waals surface area contributed by atoms with Gasteiger partial charge < -0.3 is 17.3 Å². The summed E-state index contributed by atoms with van der Waals surface area (Å²) >= 11 is 0. The smallest absolute Gasteiger partial charge is 0.418 e. The van der Waals surface area contributed by atoms with Crippen LogP contribution < -0.4 is 0 Å². The van der Waals surface area contributed by atoms with E-state index in [1.807, 2.05) is 0 Å². The van der Waals surface area contributed by atoms with E-state index in [1.165, 1.54) is 37.9 Å². The highest BCUT2D eigenvalue weighted by atomic mass is 32.2. The van der Waals surface area contributed by atoms with Crippen LogP contribution in [0.4, 0.5) is 17.3 Å². The Morgan fingerprint density at radius 1 is 1.24 bits per heavy atom. The van der Waals surface area contributed by atoms with E-state index in [0.717, 1.165) is 17.6 Å². The summed E-state index contributed by atoms with van der Waals surface area (Å²) in [5, 5.41) is 1.62. The largest absolute Gasteiger partial charge is 0.673 e. The second-order valence-corrected chi connectivity index (χ2v) is 11.0. The van der Waals surface area contributed by atoms with Gasteiger partial charge in [0.1, 0.15) is 22.0 Å². The van der Waals surface area contributed by atoms with E-state index < -0.39 is 7.25 Å². The van der Waals surface area contributed by atoms with Gasteiger partial charge in [0.15, 0.2) is 0 Å². The van der Waals surface area contributed by atoms with Crippen LogP contribution in [-0.4, -0.2) is 29.3 Å². The van der Waals surface area contributed by atoms with Crippen LogP contribution >= 0.6 is 0 Å². The summed E-state index contributed by atoms with van der Waals surface area (Å²) in [5.41, 5.74) is 0.301. The van der Waals surface area contributed by atoms with Crippen LogP contribution in [0.2, 0.25) is 0 Å². The summed E-state index contributed by atoms with van der Waals surface area (Å²) < 4.78 is 39.0. The standard InChI is InChI=1S/C18H27OS.BF4/c1-4-9-20-14-6-5-12(10-14)16(20)18-8-7-13(11-15(18)19)17(18,2)3;2-1(3,4)5/h4,12-14,16H,1,5-11H2,2-3H3;/q+1;-1/t12-,13-,14+,16+,18+,20?;/m1./s1. The Balaban J connectivity index is 0.000000324. The predicted molar refractivity (Wildman–Crippen MR) is 96.1 cm³/mol. The van der Waals surface area contributed by atoms with Gasteiger partial charge in [0, 0.05) is 18.8 Å². The summed E-state index contributed by atoms with van der Waals surface area (Å²) in [6, 6.07) is 0. The second kappa shape index (κ2) is 6.31. The van der Waals surface area contributed by atoms with Gasteiger partial charge in [-0.2, -0.15) is 0 Å². The van der Waals surface area contributed by atoms with Gasteiger partial charge in [0.05, 0.1) is 5.41 Å². The van der Waals surface area contributed by atoms with E-state index in [4.69, 9.17) is 0 Å². The van der Waals surface area contributed by atoms with Gasteiger partial charge in [0.25, 0.3) is 0 Å². The van der Waals surface area contributed by atoms with Crippen molar-refractivity contribution in [2.45, 2.75) is 62.9 Å². The van der Waals surface area contributed by atoms with E-state index in [0.29, 0.717) is 27.8 Å². The minimum Gasteiger partial charge on any atom is -0.418 e. The van der Waals surface area contributed by atoms with Crippen molar-refractivity contribution < 1.29 is 22.1 Å². The van der Waals surface area contributed by atoms with E-state index in [-0.39, 0.29) is 10.8 Å². The number of carbonyl (C=O) groups excluding carboxylic acids is 1. The molecule has 1 heterocycles. The van der Waals surface area contributed by atoms with E-state index >= 15 is 0 Å². The van der Waals surface area contributed by atoms with Crippen LogP contribution in [0, 0.1) is 22.7 Å². The topological polar surface area (TPSA) is 17.1 Å². The molecule has 0 aromatic carbocycles. The number of rotatable bonds is 3. The molecule has 142 valence electrons. The van der Waals surface area contributed by atoms with Crippen molar-refractivity contribution in [3.8, 4) is 0 Å². The van der Waals surface area contributed by atoms with Gasteiger partial charge in [0.2, 0.25) is 0 Å². The van der Waals surface area contributed by atoms with Crippen LogP contribution in [0.3, 0.4) is 0 Å². The minimum absolute atomic E-state index is 0.0453. The van der Waals surface area contributed by atoms with E-state index in [2.05, 4.69) is 26.5 Å². The summed E-state index contributed by atoms with van der Waals surface area (Å²) in [6.07, 6.45) is 9.74. The lowest BCUT2D eigenvalue weighted by atomic mass is 9.64. The predicted octanol–water partition coefficient (Wildman–Crippen LogP) is 5.04. The van der Waals surface area contributed by atoms with Crippen molar-refractivity contribution in [3.05, 3.63) is 12.7 Å². The van der Waals surface area contributed by atoms with Gasteiger partial charge in [-0.3, -0.25) is 4.79 Å². The maximum Gasteiger partial charge on any atom is 0.673 e. The summed E-state index contributed by atoms with van der Waals surface area (Å²) in [6.45, 7) is 8.83. The first-order valence-corrected chi connectivity index (χ1v) is 10.7. The van der Waals surface area contributed by atoms with Crippen molar-refractivity contribution in [3.63, 3.8) is 0 Å². The Morgan fingerprint density at radius 2 is 1.88 bits per heavy atom. The normalized spacial score (nSPS) is 43.9. The van der Waals surface area contributed by atoms with Crippen molar-refractivity contribution in [1.82, 2.24) is 0 Å². The lowest BCUT2D eigenvalue weighted by Crippen LogP contribution is -2.53. The number of halogens is 4. The first-order valence-electron chi connectivity index (χ1n) is 9.22. The molecule has 4 fully saturated rings. The van der Waals surface area contributed by atoms with Crippen molar-refractivity contribution >= 4 is 23.9 Å². The highest BCUT2D eigenvalue weighted by Gasteiger charge is 2.75. The molecule has 1 unspecified atom stereocenters. The SMILES string of the molecule is C=CC[S+]1[C@H]2CC[C@H](C2)[C@H]1[C@]12CC[C@H](CC1=O)C2(C)C.F[B-](F)(F)F. The van der Waals surface area contributed by atoms with Gasteiger partial charge >= 0.3 is 7.25 Å². The van der Waals surface area contributed by atoms with Crippen LogP contribution in [0.1, 0.15) is 52.4 Å². The Kier molecular flexibility index (Phi) is 4.87. The van der Waals surface area contributed by atoms with Gasteiger partial charge in [-0.25, -0.2) is 0 Å². The summed E-state index contributed by atoms with van der Waals surface area (Å²) in [5.74, 6) is 3.33. The molecule has 4 rings (SSSR count). The number of carbonyl (C=O) groups is 1. The van der Waals surface area contributed by atoms with E-state index in [1.54, 1.807) is 0 Å². The van der Waals surface area contributed by atoms with Crippen LogP contribution in [0.5, 0.6) is 0 Å². The van der Waals surface area contributed by atoms with Crippen LogP contribution in [-0.2, 0) is 15.7 Å². The van der Waals surface area contributed by atoms with Crippen molar-refractivity contribution in [1.29, 1.82) is 0 Å². The molecule has 1 nitrogen and oxygen atoms in total. The van der Waals surface area contributed by atoms with Gasteiger partial charge in [-0.15, -0.1) is 0 Å². The lowest BCUT2D eigenvalue weighted by molar-refractivity contribution is -0.130. The lowest BCUT2D eigenvalue weighted by Gasteiger charge is -2.43. The van der Waals surface area contributed by atoms with Crippen LogP contribution in [0.25, 0.3) is 0 Å². The molecule has 0 aromatic heterocycles. The fourth-order valence-electron chi connectivity index (χ4n) is 6.39. The van der Waals surface area contributed by atoms with Gasteiger partial charge in [-0.05, 0) is 54.0 Å². The zero-order chi connectivity index (χ0) is 18.6. The monoisotopic (exact) mass is 378 g/mol. The molecule has 4 bridgehead atoms. The molecule has 6 atom stereocenters. The maximum absolute atomic E-state index is 13.0. The van der Waals surface area contributed by atoms with Gasteiger partial charge in [-0.1, -0.05) is 20.4 Å². The Bertz CT molecular complexity index is 558. The number of hydrogen-bond donors (Lipinski definition) is 0. The average Bonchev–Trinajstić information content (AvgIpc) is 3.16. The molecule has 3 saturated carbocycles. The third-order valence-corrected chi connectivity index (χ3v) is 10.7. The summed E-state index contributed by atoms with van der Waals surface area (Å²) in [7, 11) is -5.56. The molecule has 0 amide bonds. The molecule has 0 aromatic rings. The molecule has 4 aliphatic rings. The van der Waals surface area contributed by atoms with Crippen molar-refractivity contribution in [2.75, 3.05) is 5.75 Å². The third-order valence-electron chi connectivity index (χ3n) is 7.39. The first kappa shape index (κ1) is 19.3. The Hall–Kier alpha value is -0.455. The molecule has 3 aliphatic carbocycles. The zero-order valence-corrected chi connectivity index (χ0v) is 15.8. The van der Waals surface area contributed by atoms with Crippen molar-refractivity contribution in [2.24, 2.45) is 22.7 Å². The second-order valence-electron chi connectivity index (χ2n) is 8.59. The molecule has 0 spiro atoms. The molecule has 1 saturated heterocycles. The molecule has 0 N–H and O–H groups in total.